The minimum atomic E-state index is -1.29. The zero-order valence-electron chi connectivity index (χ0n) is 14.8. The van der Waals surface area contributed by atoms with Gasteiger partial charge in [0.2, 0.25) is 0 Å². The number of carbonyl (C=O) groups excluding carboxylic acids is 1. The Kier molecular flexibility index (Phi) is 5.24. The van der Waals surface area contributed by atoms with Gasteiger partial charge in [-0.25, -0.2) is 9.79 Å². The van der Waals surface area contributed by atoms with E-state index in [0.29, 0.717) is 0 Å². The van der Waals surface area contributed by atoms with E-state index in [1.807, 2.05) is 0 Å². The number of nitro groups is 1. The molecule has 1 heterocycles. The van der Waals surface area contributed by atoms with Gasteiger partial charge in [-0.05, 0) is 36.0 Å². The fourth-order valence-electron chi connectivity index (χ4n) is 2.44. The van der Waals surface area contributed by atoms with E-state index >= 15 is 0 Å². The average Bonchev–Trinajstić information content (AvgIpc) is 2.91. The van der Waals surface area contributed by atoms with Crippen LogP contribution in [-0.2, 0) is 4.79 Å². The SMILES string of the molecule is CN1C(=O)/C(=C/c2cc([N+](=O)[O-])ccc2O)SC1=Nc1ccc(C(=O)O)c(O)c1. The number of aromatic carboxylic acids is 1. The van der Waals surface area contributed by atoms with E-state index in [0.717, 1.165) is 30.0 Å². The highest BCUT2D eigenvalue weighted by Gasteiger charge is 2.31. The number of hydrogen-bond acceptors (Lipinski definition) is 8. The van der Waals surface area contributed by atoms with Crippen LogP contribution in [0.5, 0.6) is 11.5 Å². The lowest BCUT2D eigenvalue weighted by Gasteiger charge is -2.07. The molecule has 148 valence electrons. The van der Waals surface area contributed by atoms with Gasteiger partial charge in [0, 0.05) is 30.8 Å². The topological polar surface area (TPSA) is 154 Å². The normalized spacial score (nSPS) is 16.6. The number of non-ortho nitro benzene ring substituents is 1. The zero-order chi connectivity index (χ0) is 21.3. The average molecular weight is 415 g/mol. The van der Waals surface area contributed by atoms with Crippen LogP contribution in [0.15, 0.2) is 46.3 Å². The number of amides is 1. The summed E-state index contributed by atoms with van der Waals surface area (Å²) < 4.78 is 0. The summed E-state index contributed by atoms with van der Waals surface area (Å²) in [6, 6.07) is 7.18. The Hall–Kier alpha value is -3.86. The van der Waals surface area contributed by atoms with Gasteiger partial charge in [0.25, 0.3) is 11.6 Å². The number of carbonyl (C=O) groups is 2. The Morgan fingerprint density at radius 3 is 2.55 bits per heavy atom. The first-order chi connectivity index (χ1) is 13.7. The van der Waals surface area contributed by atoms with Gasteiger partial charge in [-0.3, -0.25) is 19.8 Å². The number of thioether (sulfide) groups is 1. The molecule has 11 heteroatoms. The maximum absolute atomic E-state index is 12.5. The first-order valence-corrected chi connectivity index (χ1v) is 8.79. The quantitative estimate of drug-likeness (QED) is 0.391. The minimum Gasteiger partial charge on any atom is -0.507 e. The van der Waals surface area contributed by atoms with Crippen LogP contribution in [0, 0.1) is 10.1 Å². The summed E-state index contributed by atoms with van der Waals surface area (Å²) >= 11 is 0.964. The number of aromatic hydroxyl groups is 2. The molecule has 3 N–H and O–H groups in total. The number of phenolic OH excluding ortho intramolecular Hbond substituents is 1. The molecule has 2 aromatic carbocycles. The molecular weight excluding hydrogens is 402 g/mol. The Morgan fingerprint density at radius 1 is 1.21 bits per heavy atom. The van der Waals surface area contributed by atoms with Gasteiger partial charge in [0.05, 0.1) is 15.5 Å². The monoisotopic (exact) mass is 415 g/mol. The Morgan fingerprint density at radius 2 is 1.93 bits per heavy atom. The largest absolute Gasteiger partial charge is 0.507 e. The summed E-state index contributed by atoms with van der Waals surface area (Å²) in [5.41, 5.74) is -0.178. The van der Waals surface area contributed by atoms with Crippen molar-refractivity contribution < 1.29 is 29.8 Å². The molecule has 2 aromatic rings. The van der Waals surface area contributed by atoms with Crippen LogP contribution in [0.4, 0.5) is 11.4 Å². The predicted octanol–water partition coefficient (Wildman–Crippen LogP) is 2.94. The summed E-state index contributed by atoms with van der Waals surface area (Å²) in [5.74, 6) is -2.41. The molecule has 10 nitrogen and oxygen atoms in total. The van der Waals surface area contributed by atoms with Crippen molar-refractivity contribution in [1.82, 2.24) is 4.90 Å². The molecule has 1 aliphatic heterocycles. The first-order valence-electron chi connectivity index (χ1n) is 7.97. The van der Waals surface area contributed by atoms with Gasteiger partial charge in [-0.2, -0.15) is 0 Å². The van der Waals surface area contributed by atoms with Crippen LogP contribution in [-0.4, -0.2) is 49.2 Å². The molecule has 0 radical (unpaired) electrons. The van der Waals surface area contributed by atoms with Crippen molar-refractivity contribution in [3.63, 3.8) is 0 Å². The Labute approximate surface area is 167 Å². The van der Waals surface area contributed by atoms with Crippen LogP contribution in [0.25, 0.3) is 6.08 Å². The van der Waals surface area contributed by atoms with Crippen molar-refractivity contribution in [1.29, 1.82) is 0 Å². The number of rotatable bonds is 4. The molecular formula is C18H13N3O7S. The standard InChI is InChI=1S/C18H13N3O7S/c1-20-16(24)15(7-9-6-11(21(27)28)3-5-13(9)22)29-18(20)19-10-2-4-12(17(25)26)14(23)8-10/h2-8,22-23H,1H3,(H,25,26)/b15-7-,19-18?. The molecule has 3 rings (SSSR count). The lowest BCUT2D eigenvalue weighted by molar-refractivity contribution is -0.384. The number of phenols is 2. The van der Waals surface area contributed by atoms with Gasteiger partial charge in [-0.1, -0.05) is 0 Å². The number of amidine groups is 1. The number of carboxylic acids is 1. The van der Waals surface area contributed by atoms with Crippen LogP contribution >= 0.6 is 11.8 Å². The Bertz CT molecular complexity index is 1110. The van der Waals surface area contributed by atoms with Gasteiger partial charge >= 0.3 is 5.97 Å². The molecule has 0 aliphatic carbocycles. The van der Waals surface area contributed by atoms with Crippen molar-refractivity contribution in [3.8, 4) is 11.5 Å². The molecule has 1 saturated heterocycles. The number of carboxylic acid groups (broad SMARTS) is 1. The number of nitro benzene ring substituents is 1. The first kappa shape index (κ1) is 19.9. The van der Waals surface area contributed by atoms with E-state index in [-0.39, 0.29) is 38.3 Å². The second-order valence-electron chi connectivity index (χ2n) is 5.88. The lowest BCUT2D eigenvalue weighted by Crippen LogP contribution is -2.23. The van der Waals surface area contributed by atoms with E-state index in [4.69, 9.17) is 5.11 Å². The van der Waals surface area contributed by atoms with Crippen molar-refractivity contribution in [2.24, 2.45) is 4.99 Å². The van der Waals surface area contributed by atoms with Gasteiger partial charge in [-0.15, -0.1) is 0 Å². The smallest absolute Gasteiger partial charge is 0.339 e. The highest BCUT2D eigenvalue weighted by molar-refractivity contribution is 8.18. The summed E-state index contributed by atoms with van der Waals surface area (Å²) in [5, 5.41) is 39.8. The molecule has 0 atom stereocenters. The molecule has 29 heavy (non-hydrogen) atoms. The van der Waals surface area contributed by atoms with E-state index in [1.54, 1.807) is 0 Å². The lowest BCUT2D eigenvalue weighted by atomic mass is 10.1. The Balaban J connectivity index is 1.94. The number of hydrogen-bond donors (Lipinski definition) is 3. The molecule has 1 fully saturated rings. The highest BCUT2D eigenvalue weighted by atomic mass is 32.2. The summed E-state index contributed by atoms with van der Waals surface area (Å²) in [4.78, 5) is 39.4. The number of benzene rings is 2. The molecule has 1 aliphatic rings. The molecule has 0 aromatic heterocycles. The van der Waals surface area contributed by atoms with Crippen molar-refractivity contribution in [2.45, 2.75) is 0 Å². The number of likely N-dealkylation sites (N-methyl/N-ethyl adjacent to an activating group) is 1. The van der Waals surface area contributed by atoms with E-state index in [9.17, 15) is 29.9 Å². The van der Waals surface area contributed by atoms with Crippen LogP contribution in [0.3, 0.4) is 0 Å². The van der Waals surface area contributed by atoms with E-state index in [2.05, 4.69) is 4.99 Å². The third-order valence-electron chi connectivity index (χ3n) is 3.95. The molecule has 0 saturated carbocycles. The summed E-state index contributed by atoms with van der Waals surface area (Å²) in [6.07, 6.45) is 1.32. The predicted molar refractivity (Wildman–Crippen MR) is 105 cm³/mol. The summed E-state index contributed by atoms with van der Waals surface area (Å²) in [6.45, 7) is 0. The van der Waals surface area contributed by atoms with Gasteiger partial charge in [0.15, 0.2) is 5.17 Å². The van der Waals surface area contributed by atoms with Gasteiger partial charge < -0.3 is 15.3 Å². The zero-order valence-corrected chi connectivity index (χ0v) is 15.6. The molecule has 1 amide bonds. The fraction of sp³-hybridized carbons (Fsp3) is 0.0556. The molecule has 0 spiro atoms. The van der Waals surface area contributed by atoms with Crippen molar-refractivity contribution in [2.75, 3.05) is 7.05 Å². The maximum atomic E-state index is 12.5. The highest BCUT2D eigenvalue weighted by Crippen LogP contribution is 2.36. The van der Waals surface area contributed by atoms with E-state index in [1.165, 1.54) is 36.2 Å². The summed E-state index contributed by atoms with van der Waals surface area (Å²) in [7, 11) is 1.47. The third kappa shape index (κ3) is 4.04. The second-order valence-corrected chi connectivity index (χ2v) is 6.89. The number of aliphatic imine (C=N–C) groups is 1. The van der Waals surface area contributed by atoms with Crippen LogP contribution in [0.2, 0.25) is 0 Å². The third-order valence-corrected chi connectivity index (χ3v) is 5.01. The van der Waals surface area contributed by atoms with Crippen molar-refractivity contribution >= 4 is 46.3 Å². The number of nitrogens with zero attached hydrogens (tertiary/aromatic N) is 3. The van der Waals surface area contributed by atoms with Crippen molar-refractivity contribution in [3.05, 3.63) is 62.5 Å². The van der Waals surface area contributed by atoms with Gasteiger partial charge in [0.1, 0.15) is 17.1 Å². The fourth-order valence-corrected chi connectivity index (χ4v) is 3.42. The maximum Gasteiger partial charge on any atom is 0.339 e. The molecule has 0 bridgehead atoms. The van der Waals surface area contributed by atoms with E-state index < -0.39 is 22.5 Å². The van der Waals surface area contributed by atoms with Crippen LogP contribution in [0.1, 0.15) is 15.9 Å². The molecule has 0 unspecified atom stereocenters. The minimum absolute atomic E-state index is 0.105. The second kappa shape index (κ2) is 7.64. The van der Waals surface area contributed by atoms with Crippen LogP contribution < -0.4 is 0 Å².